The molecule has 8 heteroatoms. The molecule has 0 bridgehead atoms. The summed E-state index contributed by atoms with van der Waals surface area (Å²) in [5.41, 5.74) is 0. The van der Waals surface area contributed by atoms with Crippen LogP contribution < -0.4 is 16.0 Å². The Morgan fingerprint density at radius 2 is 2.24 bits per heavy atom. The average molecular weight is 410 g/mol. The fourth-order valence-corrected chi connectivity index (χ4v) is 1.55. The lowest BCUT2D eigenvalue weighted by atomic mass is 10.4. The summed E-state index contributed by atoms with van der Waals surface area (Å²) in [5, 5.41) is 8.78. The van der Waals surface area contributed by atoms with E-state index in [2.05, 4.69) is 20.9 Å². The van der Waals surface area contributed by atoms with Gasteiger partial charge in [0.2, 0.25) is 5.91 Å². The van der Waals surface area contributed by atoms with Crippen molar-refractivity contribution in [2.24, 2.45) is 4.99 Å². The Labute approximate surface area is 141 Å². The fourth-order valence-electron chi connectivity index (χ4n) is 1.55. The molecule has 0 spiro atoms. The zero-order chi connectivity index (χ0) is 14.8. The van der Waals surface area contributed by atoms with Gasteiger partial charge >= 0.3 is 0 Å². The topological polar surface area (TPSA) is 87.9 Å². The lowest BCUT2D eigenvalue weighted by Crippen LogP contribution is -2.47. The minimum atomic E-state index is -0.135. The van der Waals surface area contributed by atoms with Gasteiger partial charge in [0.15, 0.2) is 5.96 Å². The maximum Gasteiger partial charge on any atom is 0.239 e. The zero-order valence-corrected chi connectivity index (χ0v) is 14.8. The highest BCUT2D eigenvalue weighted by Crippen LogP contribution is 1.97. The first-order valence-electron chi connectivity index (χ1n) is 6.41. The van der Waals surface area contributed by atoms with Crippen molar-refractivity contribution in [3.05, 3.63) is 24.2 Å². The Morgan fingerprint density at radius 1 is 1.48 bits per heavy atom. The summed E-state index contributed by atoms with van der Waals surface area (Å²) in [4.78, 5) is 15.7. The van der Waals surface area contributed by atoms with Crippen LogP contribution in [0, 0.1) is 0 Å². The third-order valence-electron chi connectivity index (χ3n) is 2.48. The summed E-state index contributed by atoms with van der Waals surface area (Å²) in [7, 11) is 3.28. The smallest absolute Gasteiger partial charge is 0.239 e. The summed E-state index contributed by atoms with van der Waals surface area (Å²) >= 11 is 0. The van der Waals surface area contributed by atoms with Gasteiger partial charge in [-0.15, -0.1) is 24.0 Å². The highest BCUT2D eigenvalue weighted by atomic mass is 127. The summed E-state index contributed by atoms with van der Waals surface area (Å²) in [6, 6.07) is 3.70. The number of carbonyl (C=O) groups is 1. The summed E-state index contributed by atoms with van der Waals surface area (Å²) in [5.74, 6) is 1.14. The molecule has 1 amide bonds. The molecule has 1 rings (SSSR count). The standard InChI is InChI=1S/C13H22N4O3.HI/c1-10(9-19-3)17-13(14-2)16-8-12(18)15-7-11-5-4-6-20-11;/h4-6,10H,7-9H2,1-3H3,(H,15,18)(H2,14,16,17);1H. The highest BCUT2D eigenvalue weighted by molar-refractivity contribution is 14.0. The van der Waals surface area contributed by atoms with Crippen LogP contribution in [-0.2, 0) is 16.1 Å². The number of nitrogens with one attached hydrogen (secondary N) is 3. The predicted molar refractivity (Wildman–Crippen MR) is 91.8 cm³/mol. The van der Waals surface area contributed by atoms with E-state index in [0.717, 1.165) is 5.76 Å². The van der Waals surface area contributed by atoms with Gasteiger partial charge in [-0.25, -0.2) is 0 Å². The maximum atomic E-state index is 11.6. The van der Waals surface area contributed by atoms with Gasteiger partial charge in [0.05, 0.1) is 26.0 Å². The Kier molecular flexibility index (Phi) is 10.7. The molecule has 120 valence electrons. The highest BCUT2D eigenvalue weighted by Gasteiger charge is 2.07. The molecule has 0 aliphatic carbocycles. The van der Waals surface area contributed by atoms with Crippen LogP contribution in [-0.4, -0.2) is 45.2 Å². The summed E-state index contributed by atoms with van der Waals surface area (Å²) in [6.07, 6.45) is 1.57. The lowest BCUT2D eigenvalue weighted by Gasteiger charge is -2.16. The molecular formula is C13H23IN4O3. The van der Waals surface area contributed by atoms with Crippen molar-refractivity contribution >= 4 is 35.8 Å². The van der Waals surface area contributed by atoms with Crippen LogP contribution >= 0.6 is 24.0 Å². The quantitative estimate of drug-likeness (QED) is 0.350. The molecule has 1 aromatic rings. The number of halogens is 1. The number of hydrogen-bond donors (Lipinski definition) is 3. The van der Waals surface area contributed by atoms with E-state index in [1.807, 2.05) is 6.92 Å². The number of carbonyl (C=O) groups excluding carboxylic acids is 1. The van der Waals surface area contributed by atoms with Gasteiger partial charge < -0.3 is 25.1 Å². The van der Waals surface area contributed by atoms with E-state index in [1.54, 1.807) is 32.6 Å². The molecule has 1 atom stereocenters. The van der Waals surface area contributed by atoms with Crippen LogP contribution in [0.4, 0.5) is 0 Å². The largest absolute Gasteiger partial charge is 0.467 e. The minimum absolute atomic E-state index is 0. The lowest BCUT2D eigenvalue weighted by molar-refractivity contribution is -0.120. The second kappa shape index (κ2) is 11.4. The average Bonchev–Trinajstić information content (AvgIpc) is 2.94. The van der Waals surface area contributed by atoms with E-state index in [1.165, 1.54) is 0 Å². The molecule has 7 nitrogen and oxygen atoms in total. The number of hydrogen-bond acceptors (Lipinski definition) is 4. The van der Waals surface area contributed by atoms with Gasteiger partial charge in [-0.05, 0) is 19.1 Å². The third kappa shape index (κ3) is 8.56. The van der Waals surface area contributed by atoms with Crippen LogP contribution in [0.3, 0.4) is 0 Å². The van der Waals surface area contributed by atoms with E-state index in [0.29, 0.717) is 19.1 Å². The predicted octanol–water partition coefficient (Wildman–Crippen LogP) is 0.714. The number of nitrogens with zero attached hydrogens (tertiary/aromatic N) is 1. The van der Waals surface area contributed by atoms with E-state index in [-0.39, 0.29) is 42.5 Å². The van der Waals surface area contributed by atoms with Crippen molar-refractivity contribution in [3.8, 4) is 0 Å². The van der Waals surface area contributed by atoms with Crippen LogP contribution in [0.5, 0.6) is 0 Å². The fraction of sp³-hybridized carbons (Fsp3) is 0.538. The van der Waals surface area contributed by atoms with Crippen molar-refractivity contribution in [1.82, 2.24) is 16.0 Å². The van der Waals surface area contributed by atoms with Crippen LogP contribution in [0.1, 0.15) is 12.7 Å². The molecule has 21 heavy (non-hydrogen) atoms. The zero-order valence-electron chi connectivity index (χ0n) is 12.5. The van der Waals surface area contributed by atoms with Crippen LogP contribution in [0.2, 0.25) is 0 Å². The third-order valence-corrected chi connectivity index (χ3v) is 2.48. The Hall–Kier alpha value is -1.29. The van der Waals surface area contributed by atoms with Crippen LogP contribution in [0.25, 0.3) is 0 Å². The molecule has 0 aliphatic heterocycles. The van der Waals surface area contributed by atoms with Gasteiger partial charge in [-0.1, -0.05) is 0 Å². The molecule has 0 saturated heterocycles. The van der Waals surface area contributed by atoms with Gasteiger partial charge in [0, 0.05) is 20.2 Å². The molecule has 1 aromatic heterocycles. The van der Waals surface area contributed by atoms with Gasteiger partial charge in [-0.2, -0.15) is 0 Å². The van der Waals surface area contributed by atoms with Crippen LogP contribution in [0.15, 0.2) is 27.8 Å². The maximum absolute atomic E-state index is 11.6. The van der Waals surface area contributed by atoms with Gasteiger partial charge in [0.25, 0.3) is 0 Å². The van der Waals surface area contributed by atoms with Gasteiger partial charge in [-0.3, -0.25) is 9.79 Å². The Morgan fingerprint density at radius 3 is 2.81 bits per heavy atom. The van der Waals surface area contributed by atoms with E-state index in [4.69, 9.17) is 9.15 Å². The van der Waals surface area contributed by atoms with Crippen molar-refractivity contribution in [2.45, 2.75) is 19.5 Å². The second-order valence-corrected chi connectivity index (χ2v) is 4.28. The number of rotatable bonds is 7. The number of furan rings is 1. The normalized spacial score (nSPS) is 12.2. The first kappa shape index (κ1) is 19.7. The number of methoxy groups -OCH3 is 1. The molecule has 0 saturated carbocycles. The molecule has 0 radical (unpaired) electrons. The van der Waals surface area contributed by atoms with Crippen molar-refractivity contribution in [2.75, 3.05) is 27.3 Å². The number of amides is 1. The molecule has 0 aromatic carbocycles. The molecule has 3 N–H and O–H groups in total. The van der Waals surface area contributed by atoms with Crippen molar-refractivity contribution in [3.63, 3.8) is 0 Å². The summed E-state index contributed by atoms with van der Waals surface area (Å²) in [6.45, 7) is 3.04. The number of aliphatic imine (C=N–C) groups is 1. The molecule has 0 aliphatic rings. The first-order valence-corrected chi connectivity index (χ1v) is 6.41. The first-order chi connectivity index (χ1) is 9.65. The SMILES string of the molecule is CN=C(NCC(=O)NCc1ccco1)NC(C)COC.I. The number of guanidine groups is 1. The van der Waals surface area contributed by atoms with Gasteiger partial charge in [0.1, 0.15) is 5.76 Å². The minimum Gasteiger partial charge on any atom is -0.467 e. The summed E-state index contributed by atoms with van der Waals surface area (Å²) < 4.78 is 10.1. The van der Waals surface area contributed by atoms with E-state index in [9.17, 15) is 4.79 Å². The molecule has 0 fully saturated rings. The second-order valence-electron chi connectivity index (χ2n) is 4.28. The Balaban J connectivity index is 0.00000400. The van der Waals surface area contributed by atoms with Crippen molar-refractivity contribution < 1.29 is 13.9 Å². The Bertz CT molecular complexity index is 423. The van der Waals surface area contributed by atoms with E-state index >= 15 is 0 Å². The number of ether oxygens (including phenoxy) is 1. The van der Waals surface area contributed by atoms with Crippen molar-refractivity contribution in [1.29, 1.82) is 0 Å². The monoisotopic (exact) mass is 410 g/mol. The molecule has 1 unspecified atom stereocenters. The molecule has 1 heterocycles. The molecular weight excluding hydrogens is 387 g/mol. The van der Waals surface area contributed by atoms with E-state index < -0.39 is 0 Å².